The van der Waals surface area contributed by atoms with E-state index in [1.165, 1.54) is 0 Å². The molecule has 0 aromatic heterocycles. The number of hydrogen-bond acceptors (Lipinski definition) is 2. The van der Waals surface area contributed by atoms with E-state index in [-0.39, 0.29) is 11.3 Å². The molecule has 0 aromatic carbocycles. The molecule has 2 heteroatoms. The molecular weight excluding hydrogens is 164 g/mol. The van der Waals surface area contributed by atoms with Crippen LogP contribution in [0.3, 0.4) is 0 Å². The van der Waals surface area contributed by atoms with Crippen LogP contribution in [0.5, 0.6) is 0 Å². The summed E-state index contributed by atoms with van der Waals surface area (Å²) >= 11 is 0. The SMILES string of the molecule is CC1(C)CC1C(=O)C1CCCOC1. The van der Waals surface area contributed by atoms with Crippen LogP contribution in [0.4, 0.5) is 0 Å². The number of ketones is 1. The van der Waals surface area contributed by atoms with E-state index in [1.54, 1.807) is 0 Å². The first-order valence-corrected chi connectivity index (χ1v) is 5.23. The fourth-order valence-corrected chi connectivity index (χ4v) is 2.20. The van der Waals surface area contributed by atoms with Crippen LogP contribution in [0, 0.1) is 17.3 Å². The van der Waals surface area contributed by atoms with Gasteiger partial charge in [-0.15, -0.1) is 0 Å². The fraction of sp³-hybridized carbons (Fsp3) is 0.909. The lowest BCUT2D eigenvalue weighted by atomic mass is 9.92. The molecule has 2 nitrogen and oxygen atoms in total. The van der Waals surface area contributed by atoms with Crippen LogP contribution in [0.1, 0.15) is 33.1 Å². The minimum Gasteiger partial charge on any atom is -0.381 e. The summed E-state index contributed by atoms with van der Waals surface area (Å²) in [5, 5.41) is 0. The van der Waals surface area contributed by atoms with Crippen LogP contribution in [0.25, 0.3) is 0 Å². The van der Waals surface area contributed by atoms with Crippen LogP contribution in [0.15, 0.2) is 0 Å². The largest absolute Gasteiger partial charge is 0.381 e. The topological polar surface area (TPSA) is 26.3 Å². The molecule has 0 bridgehead atoms. The lowest BCUT2D eigenvalue weighted by Crippen LogP contribution is -2.27. The van der Waals surface area contributed by atoms with E-state index in [2.05, 4.69) is 13.8 Å². The number of ether oxygens (including phenoxy) is 1. The van der Waals surface area contributed by atoms with Gasteiger partial charge in [-0.2, -0.15) is 0 Å². The van der Waals surface area contributed by atoms with Gasteiger partial charge in [0.1, 0.15) is 5.78 Å². The zero-order chi connectivity index (χ0) is 9.47. The first-order chi connectivity index (χ1) is 6.11. The average Bonchev–Trinajstić information content (AvgIpc) is 2.76. The number of rotatable bonds is 2. The van der Waals surface area contributed by atoms with Crippen LogP contribution < -0.4 is 0 Å². The summed E-state index contributed by atoms with van der Waals surface area (Å²) in [6.07, 6.45) is 3.19. The molecule has 2 fully saturated rings. The van der Waals surface area contributed by atoms with Crippen molar-refractivity contribution >= 4 is 5.78 Å². The summed E-state index contributed by atoms with van der Waals surface area (Å²) in [5.74, 6) is 1.00. The van der Waals surface area contributed by atoms with Gasteiger partial charge in [0, 0.05) is 18.4 Å². The molecular formula is C11H18O2. The van der Waals surface area contributed by atoms with Gasteiger partial charge in [0.15, 0.2) is 0 Å². The van der Waals surface area contributed by atoms with E-state index in [0.29, 0.717) is 18.3 Å². The van der Waals surface area contributed by atoms with Crippen molar-refractivity contribution in [3.8, 4) is 0 Å². The molecule has 1 aliphatic carbocycles. The van der Waals surface area contributed by atoms with Gasteiger partial charge in [0.05, 0.1) is 6.61 Å². The highest BCUT2D eigenvalue weighted by molar-refractivity contribution is 5.86. The van der Waals surface area contributed by atoms with E-state index >= 15 is 0 Å². The second kappa shape index (κ2) is 3.09. The summed E-state index contributed by atoms with van der Waals surface area (Å²) in [7, 11) is 0. The number of hydrogen-bond donors (Lipinski definition) is 0. The van der Waals surface area contributed by atoms with Crippen molar-refractivity contribution in [2.75, 3.05) is 13.2 Å². The minimum absolute atomic E-state index is 0.209. The van der Waals surface area contributed by atoms with E-state index in [0.717, 1.165) is 25.9 Å². The van der Waals surface area contributed by atoms with Crippen molar-refractivity contribution in [2.45, 2.75) is 33.1 Å². The fourth-order valence-electron chi connectivity index (χ4n) is 2.20. The maximum Gasteiger partial charge on any atom is 0.141 e. The molecule has 1 saturated carbocycles. The van der Waals surface area contributed by atoms with Gasteiger partial charge in [0.2, 0.25) is 0 Å². The summed E-state index contributed by atoms with van der Waals surface area (Å²) in [6, 6.07) is 0. The van der Waals surface area contributed by atoms with Gasteiger partial charge in [-0.25, -0.2) is 0 Å². The second-order valence-electron chi connectivity index (χ2n) is 5.06. The Morgan fingerprint density at radius 1 is 1.46 bits per heavy atom. The summed E-state index contributed by atoms with van der Waals surface area (Å²) in [6.45, 7) is 5.88. The second-order valence-corrected chi connectivity index (χ2v) is 5.06. The van der Waals surface area contributed by atoms with Crippen LogP contribution in [0.2, 0.25) is 0 Å². The number of Topliss-reactive ketones (excluding diaryl/α,β-unsaturated/α-hetero) is 1. The minimum atomic E-state index is 0.209. The van der Waals surface area contributed by atoms with Gasteiger partial charge in [-0.1, -0.05) is 13.8 Å². The predicted molar refractivity (Wildman–Crippen MR) is 50.4 cm³/mol. The van der Waals surface area contributed by atoms with Crippen LogP contribution >= 0.6 is 0 Å². The Bertz CT molecular complexity index is 214. The molecule has 0 amide bonds. The van der Waals surface area contributed by atoms with E-state index in [1.807, 2.05) is 0 Å². The van der Waals surface area contributed by atoms with Crippen molar-refractivity contribution in [1.82, 2.24) is 0 Å². The zero-order valence-electron chi connectivity index (χ0n) is 8.51. The van der Waals surface area contributed by atoms with Crippen molar-refractivity contribution in [3.05, 3.63) is 0 Å². The molecule has 74 valence electrons. The Labute approximate surface area is 79.7 Å². The Hall–Kier alpha value is -0.370. The smallest absolute Gasteiger partial charge is 0.141 e. The van der Waals surface area contributed by atoms with Crippen LogP contribution in [-0.4, -0.2) is 19.0 Å². The molecule has 2 unspecified atom stereocenters. The van der Waals surface area contributed by atoms with Crippen molar-refractivity contribution in [2.24, 2.45) is 17.3 Å². The highest BCUT2D eigenvalue weighted by atomic mass is 16.5. The molecule has 0 radical (unpaired) electrons. The lowest BCUT2D eigenvalue weighted by molar-refractivity contribution is -0.128. The third-order valence-corrected chi connectivity index (χ3v) is 3.42. The van der Waals surface area contributed by atoms with Crippen LogP contribution in [-0.2, 0) is 9.53 Å². The first kappa shape index (κ1) is 9.20. The molecule has 1 saturated heterocycles. The third kappa shape index (κ3) is 1.78. The van der Waals surface area contributed by atoms with Gasteiger partial charge < -0.3 is 4.74 Å². The molecule has 13 heavy (non-hydrogen) atoms. The number of carbonyl (C=O) groups is 1. The molecule has 1 heterocycles. The maximum absolute atomic E-state index is 11.9. The standard InChI is InChI=1S/C11H18O2/c1-11(2)6-9(11)10(12)8-4-3-5-13-7-8/h8-9H,3-7H2,1-2H3. The summed E-state index contributed by atoms with van der Waals surface area (Å²) < 4.78 is 5.33. The van der Waals surface area contributed by atoms with Gasteiger partial charge >= 0.3 is 0 Å². The van der Waals surface area contributed by atoms with Crippen molar-refractivity contribution in [1.29, 1.82) is 0 Å². The van der Waals surface area contributed by atoms with Crippen molar-refractivity contribution < 1.29 is 9.53 Å². The summed E-state index contributed by atoms with van der Waals surface area (Å²) in [5.41, 5.74) is 0.286. The van der Waals surface area contributed by atoms with Gasteiger partial charge in [-0.05, 0) is 24.7 Å². The molecule has 2 atom stereocenters. The average molecular weight is 182 g/mol. The van der Waals surface area contributed by atoms with Gasteiger partial charge in [0.25, 0.3) is 0 Å². The normalized spacial score (nSPS) is 37.1. The predicted octanol–water partition coefficient (Wildman–Crippen LogP) is 2.03. The van der Waals surface area contributed by atoms with Crippen molar-refractivity contribution in [3.63, 3.8) is 0 Å². The van der Waals surface area contributed by atoms with E-state index < -0.39 is 0 Å². The molecule has 0 N–H and O–H groups in total. The Balaban J connectivity index is 1.90. The zero-order valence-corrected chi connectivity index (χ0v) is 8.51. The van der Waals surface area contributed by atoms with E-state index in [9.17, 15) is 4.79 Å². The van der Waals surface area contributed by atoms with E-state index in [4.69, 9.17) is 4.74 Å². The third-order valence-electron chi connectivity index (χ3n) is 3.42. The Morgan fingerprint density at radius 2 is 2.15 bits per heavy atom. The quantitative estimate of drug-likeness (QED) is 0.653. The molecule has 2 rings (SSSR count). The van der Waals surface area contributed by atoms with Gasteiger partial charge in [-0.3, -0.25) is 4.79 Å². The highest BCUT2D eigenvalue weighted by Crippen LogP contribution is 2.53. The Morgan fingerprint density at radius 3 is 2.62 bits per heavy atom. The molecule has 2 aliphatic rings. The summed E-state index contributed by atoms with van der Waals surface area (Å²) in [4.78, 5) is 11.9. The monoisotopic (exact) mass is 182 g/mol. The maximum atomic E-state index is 11.9. The molecule has 1 aliphatic heterocycles. The highest BCUT2D eigenvalue weighted by Gasteiger charge is 2.51. The first-order valence-electron chi connectivity index (χ1n) is 5.23. The lowest BCUT2D eigenvalue weighted by Gasteiger charge is -2.21. The molecule has 0 spiro atoms. The Kier molecular flexibility index (Phi) is 2.18. The molecule has 0 aromatic rings. The number of carbonyl (C=O) groups excluding carboxylic acids is 1.